The summed E-state index contributed by atoms with van der Waals surface area (Å²) in [6.07, 6.45) is 5.44. The fraction of sp³-hybridized carbons (Fsp3) is 0.364. The van der Waals surface area contributed by atoms with Crippen molar-refractivity contribution >= 4 is 5.91 Å². The zero-order chi connectivity index (χ0) is 11.3. The van der Waals surface area contributed by atoms with E-state index in [1.807, 2.05) is 13.0 Å². The summed E-state index contributed by atoms with van der Waals surface area (Å²) in [5.74, 6) is 0.251. The first-order valence-electron chi connectivity index (χ1n) is 5.06. The van der Waals surface area contributed by atoms with E-state index in [1.165, 1.54) is 0 Å². The van der Waals surface area contributed by atoms with Crippen LogP contribution in [0.15, 0.2) is 24.2 Å². The number of amides is 1. The number of aryl methyl sites for hydroxylation is 1. The molecule has 1 aromatic heterocycles. The van der Waals surface area contributed by atoms with Crippen LogP contribution in [-0.2, 0) is 0 Å². The lowest BCUT2D eigenvalue weighted by Gasteiger charge is -2.04. The molecule has 15 heavy (non-hydrogen) atoms. The summed E-state index contributed by atoms with van der Waals surface area (Å²) in [7, 11) is 0. The number of rotatable bonds is 4. The number of hydrogen-bond acceptors (Lipinski definition) is 2. The standard InChI is InChI=1S/C11H17N3O/c1-3-4-5-10(12)14-11(15)9-6-7-13-8(9)2/h5-7,13H,3-4,12H2,1-2H3,(H,14,15)/b10-5+. The number of hydrogen-bond donors (Lipinski definition) is 3. The number of nitrogens with two attached hydrogens (primary N) is 1. The quantitative estimate of drug-likeness (QED) is 0.702. The van der Waals surface area contributed by atoms with Crippen LogP contribution in [0.4, 0.5) is 0 Å². The first-order valence-corrected chi connectivity index (χ1v) is 5.06. The molecule has 0 bridgehead atoms. The Labute approximate surface area is 89.6 Å². The van der Waals surface area contributed by atoms with Gasteiger partial charge in [0.1, 0.15) is 0 Å². The summed E-state index contributed by atoms with van der Waals surface area (Å²) in [6.45, 7) is 3.91. The summed E-state index contributed by atoms with van der Waals surface area (Å²) < 4.78 is 0. The number of unbranched alkanes of at least 4 members (excludes halogenated alkanes) is 1. The number of carbonyl (C=O) groups excluding carboxylic acids is 1. The second kappa shape index (κ2) is 5.24. The minimum Gasteiger partial charge on any atom is -0.385 e. The van der Waals surface area contributed by atoms with E-state index in [0.717, 1.165) is 18.5 Å². The molecule has 82 valence electrons. The van der Waals surface area contributed by atoms with Crippen LogP contribution >= 0.6 is 0 Å². The molecular formula is C11H17N3O. The molecule has 4 heteroatoms. The Bertz CT molecular complexity index is 366. The van der Waals surface area contributed by atoms with E-state index < -0.39 is 0 Å². The molecule has 4 nitrogen and oxygen atoms in total. The van der Waals surface area contributed by atoms with Crippen LogP contribution in [0.5, 0.6) is 0 Å². The third-order valence-electron chi connectivity index (χ3n) is 2.11. The fourth-order valence-corrected chi connectivity index (χ4v) is 1.25. The van der Waals surface area contributed by atoms with Gasteiger partial charge in [-0.1, -0.05) is 13.3 Å². The number of nitrogens with one attached hydrogen (secondary N) is 2. The second-order valence-corrected chi connectivity index (χ2v) is 3.42. The van der Waals surface area contributed by atoms with Crippen molar-refractivity contribution in [1.29, 1.82) is 0 Å². The van der Waals surface area contributed by atoms with E-state index in [-0.39, 0.29) is 5.91 Å². The Hall–Kier alpha value is -1.71. The van der Waals surface area contributed by atoms with Crippen molar-refractivity contribution < 1.29 is 4.79 Å². The highest BCUT2D eigenvalue weighted by Gasteiger charge is 2.09. The van der Waals surface area contributed by atoms with Gasteiger partial charge in [-0.25, -0.2) is 0 Å². The average Bonchev–Trinajstić information content (AvgIpc) is 2.61. The van der Waals surface area contributed by atoms with Crippen LogP contribution in [0.25, 0.3) is 0 Å². The summed E-state index contributed by atoms with van der Waals surface area (Å²) in [5, 5.41) is 2.64. The molecule has 0 aliphatic heterocycles. The Kier molecular flexibility index (Phi) is 3.97. The van der Waals surface area contributed by atoms with Gasteiger partial charge in [0.05, 0.1) is 11.4 Å². The lowest BCUT2D eigenvalue weighted by molar-refractivity contribution is 0.0965. The molecule has 1 heterocycles. The molecule has 0 atom stereocenters. The first-order chi connectivity index (χ1) is 7.15. The molecule has 1 rings (SSSR count). The fourth-order valence-electron chi connectivity index (χ4n) is 1.25. The normalized spacial score (nSPS) is 11.5. The maximum absolute atomic E-state index is 11.6. The van der Waals surface area contributed by atoms with Crippen molar-refractivity contribution in [3.63, 3.8) is 0 Å². The van der Waals surface area contributed by atoms with E-state index >= 15 is 0 Å². The zero-order valence-corrected chi connectivity index (χ0v) is 9.13. The van der Waals surface area contributed by atoms with Crippen molar-refractivity contribution in [3.05, 3.63) is 35.4 Å². The van der Waals surface area contributed by atoms with Gasteiger partial charge in [0.15, 0.2) is 0 Å². The van der Waals surface area contributed by atoms with Gasteiger partial charge >= 0.3 is 0 Å². The van der Waals surface area contributed by atoms with Gasteiger partial charge in [-0.15, -0.1) is 0 Å². The highest BCUT2D eigenvalue weighted by atomic mass is 16.1. The first kappa shape index (κ1) is 11.4. The molecule has 0 saturated carbocycles. The molecule has 0 aliphatic rings. The SMILES string of the molecule is CCC/C=C(\N)NC(=O)c1cc[nH]c1C. The molecule has 0 fully saturated rings. The van der Waals surface area contributed by atoms with E-state index in [0.29, 0.717) is 11.4 Å². The van der Waals surface area contributed by atoms with Gasteiger partial charge < -0.3 is 16.0 Å². The summed E-state index contributed by atoms with van der Waals surface area (Å²) in [5.41, 5.74) is 7.11. The Morgan fingerprint density at radius 2 is 2.40 bits per heavy atom. The van der Waals surface area contributed by atoms with Gasteiger partial charge in [-0.2, -0.15) is 0 Å². The maximum atomic E-state index is 11.6. The number of aromatic nitrogens is 1. The molecule has 0 radical (unpaired) electrons. The van der Waals surface area contributed by atoms with Crippen LogP contribution in [-0.4, -0.2) is 10.9 Å². The predicted octanol–water partition coefficient (Wildman–Crippen LogP) is 1.65. The second-order valence-electron chi connectivity index (χ2n) is 3.42. The largest absolute Gasteiger partial charge is 0.385 e. The van der Waals surface area contributed by atoms with E-state index in [2.05, 4.69) is 17.2 Å². The molecule has 0 unspecified atom stereocenters. The van der Waals surface area contributed by atoms with Crippen molar-refractivity contribution in [2.75, 3.05) is 0 Å². The summed E-state index contributed by atoms with van der Waals surface area (Å²) in [6, 6.07) is 1.73. The third-order valence-corrected chi connectivity index (χ3v) is 2.11. The van der Waals surface area contributed by atoms with Crippen LogP contribution < -0.4 is 11.1 Å². The smallest absolute Gasteiger partial charge is 0.258 e. The van der Waals surface area contributed by atoms with Crippen LogP contribution in [0.3, 0.4) is 0 Å². The van der Waals surface area contributed by atoms with Gasteiger partial charge in [-0.3, -0.25) is 4.79 Å². The lowest BCUT2D eigenvalue weighted by Crippen LogP contribution is -2.27. The molecule has 0 saturated heterocycles. The van der Waals surface area contributed by atoms with Gasteiger partial charge in [-0.05, 0) is 25.5 Å². The van der Waals surface area contributed by atoms with E-state index in [4.69, 9.17) is 5.73 Å². The van der Waals surface area contributed by atoms with Crippen molar-refractivity contribution in [3.8, 4) is 0 Å². The Morgan fingerprint density at radius 3 is 2.93 bits per heavy atom. The summed E-state index contributed by atoms with van der Waals surface area (Å²) >= 11 is 0. The Balaban J connectivity index is 2.60. The molecular weight excluding hydrogens is 190 g/mol. The number of H-pyrrole nitrogens is 1. The highest BCUT2D eigenvalue weighted by Crippen LogP contribution is 2.04. The topological polar surface area (TPSA) is 70.9 Å². The third kappa shape index (κ3) is 3.16. The zero-order valence-electron chi connectivity index (χ0n) is 9.13. The number of carbonyl (C=O) groups is 1. The van der Waals surface area contributed by atoms with Crippen LogP contribution in [0, 0.1) is 6.92 Å². The minimum atomic E-state index is -0.168. The molecule has 1 amide bonds. The van der Waals surface area contributed by atoms with Crippen molar-refractivity contribution in [1.82, 2.24) is 10.3 Å². The maximum Gasteiger partial charge on any atom is 0.258 e. The predicted molar refractivity (Wildman–Crippen MR) is 60.2 cm³/mol. The van der Waals surface area contributed by atoms with Crippen LogP contribution in [0.2, 0.25) is 0 Å². The van der Waals surface area contributed by atoms with Gasteiger partial charge in [0.2, 0.25) is 0 Å². The van der Waals surface area contributed by atoms with E-state index in [9.17, 15) is 4.79 Å². The molecule has 0 aromatic carbocycles. The number of allylic oxidation sites excluding steroid dienone is 1. The monoisotopic (exact) mass is 207 g/mol. The van der Waals surface area contributed by atoms with Gasteiger partial charge in [0, 0.05) is 11.9 Å². The molecule has 0 aliphatic carbocycles. The van der Waals surface area contributed by atoms with Crippen molar-refractivity contribution in [2.24, 2.45) is 5.73 Å². The van der Waals surface area contributed by atoms with Crippen molar-refractivity contribution in [2.45, 2.75) is 26.7 Å². The summed E-state index contributed by atoms with van der Waals surface area (Å²) in [4.78, 5) is 14.6. The van der Waals surface area contributed by atoms with E-state index in [1.54, 1.807) is 12.3 Å². The van der Waals surface area contributed by atoms with Crippen LogP contribution in [0.1, 0.15) is 35.8 Å². The molecule has 0 spiro atoms. The lowest BCUT2D eigenvalue weighted by atomic mass is 10.2. The average molecular weight is 207 g/mol. The highest BCUT2D eigenvalue weighted by molar-refractivity contribution is 5.96. The number of aromatic amines is 1. The molecule has 1 aromatic rings. The minimum absolute atomic E-state index is 0.168. The molecule has 4 N–H and O–H groups in total. The Morgan fingerprint density at radius 1 is 1.67 bits per heavy atom. The van der Waals surface area contributed by atoms with Gasteiger partial charge in [0.25, 0.3) is 5.91 Å².